The number of H-pyrrole nitrogens is 1. The number of aryl methyl sites for hydroxylation is 1. The number of aromatic nitrogens is 6. The Bertz CT molecular complexity index is 1190. The summed E-state index contributed by atoms with van der Waals surface area (Å²) in [6, 6.07) is 9.76. The molecule has 29 heavy (non-hydrogen) atoms. The van der Waals surface area contributed by atoms with Crippen LogP contribution in [-0.2, 0) is 13.6 Å². The molecule has 8 heteroatoms. The van der Waals surface area contributed by atoms with Crippen molar-refractivity contribution in [2.24, 2.45) is 7.05 Å². The number of nitrogens with one attached hydrogen (secondary N) is 1. The number of hydrogen-bond acceptors (Lipinski definition) is 5. The fourth-order valence-corrected chi connectivity index (χ4v) is 4.19. The van der Waals surface area contributed by atoms with E-state index in [-0.39, 0.29) is 5.56 Å². The lowest BCUT2D eigenvalue weighted by atomic mass is 9.97. The molecule has 1 aliphatic rings. The third-order valence-electron chi connectivity index (χ3n) is 5.59. The van der Waals surface area contributed by atoms with Gasteiger partial charge in [0.2, 0.25) is 0 Å². The molecule has 4 aromatic rings. The van der Waals surface area contributed by atoms with Gasteiger partial charge in [0.05, 0.1) is 18.4 Å². The maximum atomic E-state index is 12.6. The normalized spacial score (nSPS) is 17.8. The van der Waals surface area contributed by atoms with Crippen LogP contribution in [0.15, 0.2) is 53.7 Å². The van der Waals surface area contributed by atoms with Gasteiger partial charge < -0.3 is 9.55 Å². The van der Waals surface area contributed by atoms with Crippen LogP contribution in [0.2, 0.25) is 0 Å². The quantitative estimate of drug-likeness (QED) is 0.579. The Hall–Kier alpha value is -3.26. The average Bonchev–Trinajstić information content (AvgIpc) is 3.35. The molecule has 3 aromatic heterocycles. The van der Waals surface area contributed by atoms with Gasteiger partial charge in [0, 0.05) is 31.9 Å². The van der Waals surface area contributed by atoms with E-state index in [0.29, 0.717) is 29.3 Å². The van der Waals surface area contributed by atoms with Gasteiger partial charge in [-0.25, -0.2) is 14.6 Å². The molecule has 0 amide bonds. The number of imidazole rings is 1. The Morgan fingerprint density at radius 2 is 2.10 bits per heavy atom. The molecule has 0 bridgehead atoms. The number of nitrogens with zero attached hydrogens (tertiary/aromatic N) is 6. The first-order valence-electron chi connectivity index (χ1n) is 9.91. The minimum Gasteiger partial charge on any atom is -0.338 e. The number of piperidine rings is 1. The van der Waals surface area contributed by atoms with Gasteiger partial charge in [-0.05, 0) is 31.5 Å². The predicted molar refractivity (Wildman–Crippen MR) is 110 cm³/mol. The SMILES string of the molecule is Cn1ccnc1C1CCCN(Cc2nc3c(cnn3-c3ccccc3)c(=O)[nH]2)C1. The molecule has 0 radical (unpaired) electrons. The molecule has 0 aliphatic carbocycles. The monoisotopic (exact) mass is 389 g/mol. The zero-order chi connectivity index (χ0) is 19.8. The highest BCUT2D eigenvalue weighted by atomic mass is 16.1. The van der Waals surface area contributed by atoms with E-state index in [4.69, 9.17) is 4.98 Å². The molecule has 1 unspecified atom stereocenters. The van der Waals surface area contributed by atoms with E-state index in [1.54, 1.807) is 10.9 Å². The van der Waals surface area contributed by atoms with Crippen LogP contribution in [0, 0.1) is 0 Å². The number of rotatable bonds is 4. The lowest BCUT2D eigenvalue weighted by molar-refractivity contribution is 0.191. The molecule has 0 saturated carbocycles. The Balaban J connectivity index is 1.43. The number of likely N-dealkylation sites (tertiary alicyclic amines) is 1. The number of aromatic amines is 1. The molecule has 1 fully saturated rings. The fourth-order valence-electron chi connectivity index (χ4n) is 4.19. The summed E-state index contributed by atoms with van der Waals surface area (Å²) < 4.78 is 3.82. The van der Waals surface area contributed by atoms with Crippen molar-refractivity contribution in [2.75, 3.05) is 13.1 Å². The van der Waals surface area contributed by atoms with Crippen molar-refractivity contribution in [1.29, 1.82) is 0 Å². The van der Waals surface area contributed by atoms with E-state index < -0.39 is 0 Å². The van der Waals surface area contributed by atoms with Crippen molar-refractivity contribution in [2.45, 2.75) is 25.3 Å². The summed E-state index contributed by atoms with van der Waals surface area (Å²) in [6.45, 7) is 2.50. The van der Waals surface area contributed by atoms with Crippen LogP contribution in [0.1, 0.15) is 30.4 Å². The first kappa shape index (κ1) is 17.8. The van der Waals surface area contributed by atoms with E-state index in [1.165, 1.54) is 0 Å². The Morgan fingerprint density at radius 3 is 2.90 bits per heavy atom. The minimum absolute atomic E-state index is 0.148. The van der Waals surface area contributed by atoms with Crippen molar-refractivity contribution in [3.05, 3.63) is 70.9 Å². The molecule has 1 saturated heterocycles. The standard InChI is InChI=1S/C21H23N7O/c1-26-11-9-22-19(26)15-6-5-10-27(13-15)14-18-24-20-17(21(29)25-18)12-23-28(20)16-7-3-2-4-8-16/h2-4,7-9,11-12,15H,5-6,10,13-14H2,1H3,(H,24,25,29). The molecule has 1 N–H and O–H groups in total. The summed E-state index contributed by atoms with van der Waals surface area (Å²) >= 11 is 0. The fraction of sp³-hybridized carbons (Fsp3) is 0.333. The van der Waals surface area contributed by atoms with Gasteiger partial charge in [-0.15, -0.1) is 0 Å². The maximum absolute atomic E-state index is 12.6. The van der Waals surface area contributed by atoms with Gasteiger partial charge in [0.15, 0.2) is 5.65 Å². The van der Waals surface area contributed by atoms with Crippen molar-refractivity contribution in [1.82, 2.24) is 34.2 Å². The number of hydrogen-bond donors (Lipinski definition) is 1. The largest absolute Gasteiger partial charge is 0.338 e. The van der Waals surface area contributed by atoms with Gasteiger partial charge >= 0.3 is 0 Å². The third kappa shape index (κ3) is 3.36. The summed E-state index contributed by atoms with van der Waals surface area (Å²) in [5.74, 6) is 2.18. The molecule has 5 rings (SSSR count). The summed E-state index contributed by atoms with van der Waals surface area (Å²) in [7, 11) is 2.04. The molecule has 1 aliphatic heterocycles. The van der Waals surface area contributed by atoms with Crippen molar-refractivity contribution in [3.63, 3.8) is 0 Å². The van der Waals surface area contributed by atoms with E-state index in [2.05, 4.69) is 24.5 Å². The molecule has 1 atom stereocenters. The van der Waals surface area contributed by atoms with Crippen LogP contribution in [0.3, 0.4) is 0 Å². The highest BCUT2D eigenvalue weighted by Gasteiger charge is 2.25. The smallest absolute Gasteiger partial charge is 0.262 e. The second-order valence-electron chi connectivity index (χ2n) is 7.61. The number of para-hydroxylation sites is 1. The third-order valence-corrected chi connectivity index (χ3v) is 5.59. The van der Waals surface area contributed by atoms with Gasteiger partial charge in [-0.1, -0.05) is 18.2 Å². The van der Waals surface area contributed by atoms with Gasteiger partial charge in [0.1, 0.15) is 17.0 Å². The van der Waals surface area contributed by atoms with Crippen LogP contribution >= 0.6 is 0 Å². The van der Waals surface area contributed by atoms with Crippen molar-refractivity contribution < 1.29 is 0 Å². The van der Waals surface area contributed by atoms with E-state index in [9.17, 15) is 4.79 Å². The lowest BCUT2D eigenvalue weighted by Gasteiger charge is -2.31. The van der Waals surface area contributed by atoms with Gasteiger partial charge in [-0.2, -0.15) is 5.10 Å². The average molecular weight is 389 g/mol. The van der Waals surface area contributed by atoms with Crippen LogP contribution in [-0.4, -0.2) is 47.3 Å². The topological polar surface area (TPSA) is 84.6 Å². The van der Waals surface area contributed by atoms with Crippen molar-refractivity contribution >= 4 is 11.0 Å². The lowest BCUT2D eigenvalue weighted by Crippen LogP contribution is -2.35. The summed E-state index contributed by atoms with van der Waals surface area (Å²) in [5, 5.41) is 4.88. The summed E-state index contributed by atoms with van der Waals surface area (Å²) in [5.41, 5.74) is 1.33. The molecule has 0 spiro atoms. The molecule has 148 valence electrons. The molecular formula is C21H23N7O. The maximum Gasteiger partial charge on any atom is 0.262 e. The van der Waals surface area contributed by atoms with E-state index in [0.717, 1.165) is 37.4 Å². The first-order chi connectivity index (χ1) is 14.2. The van der Waals surface area contributed by atoms with Crippen molar-refractivity contribution in [3.8, 4) is 5.69 Å². The number of fused-ring (bicyclic) bond motifs is 1. The first-order valence-corrected chi connectivity index (χ1v) is 9.91. The Kier molecular flexibility index (Phi) is 4.48. The molecular weight excluding hydrogens is 366 g/mol. The minimum atomic E-state index is -0.148. The highest BCUT2D eigenvalue weighted by molar-refractivity contribution is 5.75. The van der Waals surface area contributed by atoms with Gasteiger partial charge in [-0.3, -0.25) is 9.69 Å². The zero-order valence-electron chi connectivity index (χ0n) is 16.3. The number of benzene rings is 1. The van der Waals surface area contributed by atoms with Gasteiger partial charge in [0.25, 0.3) is 5.56 Å². The Labute approximate surface area is 167 Å². The van der Waals surface area contributed by atoms with E-state index >= 15 is 0 Å². The highest BCUT2D eigenvalue weighted by Crippen LogP contribution is 2.26. The molecule has 4 heterocycles. The zero-order valence-corrected chi connectivity index (χ0v) is 16.3. The summed E-state index contributed by atoms with van der Waals surface area (Å²) in [4.78, 5) is 27.2. The van der Waals surface area contributed by atoms with Crippen LogP contribution < -0.4 is 5.56 Å². The second kappa shape index (κ2) is 7.29. The Morgan fingerprint density at radius 1 is 1.24 bits per heavy atom. The van der Waals surface area contributed by atoms with Crippen LogP contribution in [0.5, 0.6) is 0 Å². The molecule has 8 nitrogen and oxygen atoms in total. The van der Waals surface area contributed by atoms with Crippen LogP contribution in [0.25, 0.3) is 16.7 Å². The van der Waals surface area contributed by atoms with Crippen LogP contribution in [0.4, 0.5) is 0 Å². The summed E-state index contributed by atoms with van der Waals surface area (Å²) in [6.07, 6.45) is 7.66. The van der Waals surface area contributed by atoms with E-state index in [1.807, 2.05) is 49.8 Å². The molecule has 1 aromatic carbocycles. The predicted octanol–water partition coefficient (Wildman–Crippen LogP) is 2.22. The second-order valence-corrected chi connectivity index (χ2v) is 7.61.